The summed E-state index contributed by atoms with van der Waals surface area (Å²) in [7, 11) is 0. The molecule has 0 saturated carbocycles. The molecule has 0 spiro atoms. The van der Waals surface area contributed by atoms with E-state index >= 15 is 0 Å². The van der Waals surface area contributed by atoms with E-state index in [1.165, 1.54) is 22.3 Å². The second-order valence-electron chi connectivity index (χ2n) is 4.39. The van der Waals surface area contributed by atoms with Crippen LogP contribution in [0.2, 0.25) is 0 Å². The summed E-state index contributed by atoms with van der Waals surface area (Å²) in [6.45, 7) is 5.88. The highest BCUT2D eigenvalue weighted by atomic mass is 14.0. The number of benzene rings is 2. The molecule has 0 heteroatoms. The molecule has 0 saturated heterocycles. The zero-order valence-electron chi connectivity index (χ0n) is 10.3. The van der Waals surface area contributed by atoms with Gasteiger partial charge in [-0.2, -0.15) is 0 Å². The number of aryl methyl sites for hydroxylation is 2. The molecule has 0 atom stereocenters. The second kappa shape index (κ2) is 6.80. The summed E-state index contributed by atoms with van der Waals surface area (Å²) in [5.41, 5.74) is 5.26. The van der Waals surface area contributed by atoms with Gasteiger partial charge in [0.2, 0.25) is 0 Å². The highest BCUT2D eigenvalue weighted by Crippen LogP contribution is 2.21. The van der Waals surface area contributed by atoms with Gasteiger partial charge in [-0.25, -0.2) is 0 Å². The van der Waals surface area contributed by atoms with Crippen molar-refractivity contribution in [3.05, 3.63) is 72.3 Å². The van der Waals surface area contributed by atoms with Crippen LogP contribution in [0.25, 0.3) is 11.1 Å². The van der Waals surface area contributed by atoms with Crippen LogP contribution in [0.3, 0.4) is 0 Å². The number of hydrogen-bond donors (Lipinski definition) is 0. The lowest BCUT2D eigenvalue weighted by Crippen LogP contribution is -1.84. The Balaban J connectivity index is 0.00000162. The maximum Gasteiger partial charge on any atom is -0.0181 e. The predicted molar refractivity (Wildman–Crippen MR) is 81.9 cm³/mol. The van der Waals surface area contributed by atoms with Crippen LogP contribution in [0.1, 0.15) is 25.0 Å². The van der Waals surface area contributed by atoms with Crippen LogP contribution in [-0.4, -0.2) is 0 Å². The molecule has 0 bridgehead atoms. The monoisotopic (exact) mass is 238 g/mol. The van der Waals surface area contributed by atoms with Gasteiger partial charge < -0.3 is 0 Å². The van der Waals surface area contributed by atoms with E-state index in [1.807, 2.05) is 6.08 Å². The van der Waals surface area contributed by atoms with Gasteiger partial charge in [0.25, 0.3) is 0 Å². The maximum atomic E-state index is 3.75. The summed E-state index contributed by atoms with van der Waals surface area (Å²) < 4.78 is 0. The molecule has 0 fully saturated rings. The van der Waals surface area contributed by atoms with Gasteiger partial charge in [-0.1, -0.05) is 67.6 Å². The fourth-order valence-corrected chi connectivity index (χ4v) is 1.96. The molecule has 0 aliphatic rings. The predicted octanol–water partition coefficient (Wildman–Crippen LogP) is 5.42. The minimum Gasteiger partial charge on any atom is -0.103 e. The first kappa shape index (κ1) is 14.2. The lowest BCUT2D eigenvalue weighted by Gasteiger charge is -2.04. The molecule has 2 aromatic rings. The minimum atomic E-state index is 0. The van der Waals surface area contributed by atoms with E-state index in [9.17, 15) is 0 Å². The Morgan fingerprint density at radius 3 is 2.33 bits per heavy atom. The first-order valence-electron chi connectivity index (χ1n) is 6.06. The smallest absolute Gasteiger partial charge is 0.0181 e. The summed E-state index contributed by atoms with van der Waals surface area (Å²) in [4.78, 5) is 0. The highest BCUT2D eigenvalue weighted by molar-refractivity contribution is 5.64. The van der Waals surface area contributed by atoms with E-state index in [0.717, 1.165) is 12.8 Å². The van der Waals surface area contributed by atoms with E-state index in [4.69, 9.17) is 0 Å². The van der Waals surface area contributed by atoms with Gasteiger partial charge in [-0.05, 0) is 36.5 Å². The van der Waals surface area contributed by atoms with Gasteiger partial charge >= 0.3 is 0 Å². The Kier molecular flexibility index (Phi) is 5.38. The molecule has 0 aliphatic heterocycles. The third kappa shape index (κ3) is 3.59. The molecular weight excluding hydrogens is 216 g/mol. The second-order valence-corrected chi connectivity index (χ2v) is 4.39. The fraction of sp³-hybridized carbons (Fsp3) is 0.222. The summed E-state index contributed by atoms with van der Waals surface area (Å²) in [6, 6.07) is 17.4. The summed E-state index contributed by atoms with van der Waals surface area (Å²) >= 11 is 0. The van der Waals surface area contributed by atoms with Gasteiger partial charge in [0.1, 0.15) is 0 Å². The van der Waals surface area contributed by atoms with Crippen LogP contribution < -0.4 is 0 Å². The van der Waals surface area contributed by atoms with Crippen molar-refractivity contribution in [1.82, 2.24) is 0 Å². The van der Waals surface area contributed by atoms with Crippen LogP contribution >= 0.6 is 0 Å². The molecule has 0 aliphatic carbocycles. The van der Waals surface area contributed by atoms with Crippen LogP contribution in [0.15, 0.2) is 61.2 Å². The van der Waals surface area contributed by atoms with Crippen LogP contribution in [0.5, 0.6) is 0 Å². The third-order valence-corrected chi connectivity index (χ3v) is 2.94. The molecule has 94 valence electrons. The first-order valence-corrected chi connectivity index (χ1v) is 6.06. The van der Waals surface area contributed by atoms with Crippen molar-refractivity contribution in [3.63, 3.8) is 0 Å². The van der Waals surface area contributed by atoms with Crippen LogP contribution in [-0.2, 0) is 6.42 Å². The van der Waals surface area contributed by atoms with Gasteiger partial charge in [-0.15, -0.1) is 6.58 Å². The van der Waals surface area contributed by atoms with Crippen molar-refractivity contribution in [2.24, 2.45) is 0 Å². The van der Waals surface area contributed by atoms with Crippen LogP contribution in [0.4, 0.5) is 0 Å². The Bertz CT molecular complexity index is 492. The lowest BCUT2D eigenvalue weighted by atomic mass is 10.0. The molecule has 0 radical (unpaired) electrons. The Morgan fingerprint density at radius 1 is 1.00 bits per heavy atom. The average molecular weight is 238 g/mol. The number of allylic oxidation sites excluding steroid dienone is 1. The molecule has 2 aromatic carbocycles. The van der Waals surface area contributed by atoms with Gasteiger partial charge in [0.05, 0.1) is 0 Å². The number of rotatable bonds is 4. The Labute approximate surface area is 111 Å². The molecule has 0 heterocycles. The molecule has 0 amide bonds. The van der Waals surface area contributed by atoms with Gasteiger partial charge in [0, 0.05) is 0 Å². The zero-order chi connectivity index (χ0) is 12.1. The Morgan fingerprint density at radius 2 is 1.72 bits per heavy atom. The van der Waals surface area contributed by atoms with Crippen LogP contribution in [0, 0.1) is 6.92 Å². The molecule has 0 N–H and O–H groups in total. The molecule has 0 unspecified atom stereocenters. The first-order chi connectivity index (χ1) is 8.29. The van der Waals surface area contributed by atoms with Crippen molar-refractivity contribution >= 4 is 0 Å². The average Bonchev–Trinajstić information content (AvgIpc) is 2.37. The van der Waals surface area contributed by atoms with Crippen molar-refractivity contribution in [2.75, 3.05) is 0 Å². The molecule has 18 heavy (non-hydrogen) atoms. The maximum absolute atomic E-state index is 3.75. The molecule has 0 nitrogen and oxygen atoms in total. The van der Waals surface area contributed by atoms with Crippen molar-refractivity contribution in [3.8, 4) is 11.1 Å². The lowest BCUT2D eigenvalue weighted by molar-refractivity contribution is 1.00. The van der Waals surface area contributed by atoms with Crippen molar-refractivity contribution < 1.29 is 0 Å². The minimum absolute atomic E-state index is 0. The van der Waals surface area contributed by atoms with E-state index < -0.39 is 0 Å². The van der Waals surface area contributed by atoms with Crippen molar-refractivity contribution in [2.45, 2.75) is 27.2 Å². The molecular formula is C18H22. The van der Waals surface area contributed by atoms with Gasteiger partial charge in [0.15, 0.2) is 0 Å². The Hall–Kier alpha value is -1.82. The highest BCUT2D eigenvalue weighted by Gasteiger charge is 1.98. The van der Waals surface area contributed by atoms with Gasteiger partial charge in [-0.3, -0.25) is 0 Å². The molecule has 2 rings (SSSR count). The van der Waals surface area contributed by atoms with E-state index in [-0.39, 0.29) is 7.43 Å². The summed E-state index contributed by atoms with van der Waals surface area (Å²) in [5.74, 6) is 0. The molecule has 0 aromatic heterocycles. The number of hydrogen-bond acceptors (Lipinski definition) is 0. The third-order valence-electron chi connectivity index (χ3n) is 2.94. The summed E-state index contributed by atoms with van der Waals surface area (Å²) in [6.07, 6.45) is 4.09. The SMILES string of the molecule is C.C=CCCc1ccc(-c2cccc(C)c2)cc1. The normalized spacial score (nSPS) is 9.61. The quantitative estimate of drug-likeness (QED) is 0.624. The largest absolute Gasteiger partial charge is 0.103 e. The van der Waals surface area contributed by atoms with E-state index in [2.05, 4.69) is 62.0 Å². The zero-order valence-corrected chi connectivity index (χ0v) is 10.3. The van der Waals surface area contributed by atoms with E-state index in [0.29, 0.717) is 0 Å². The standard InChI is InChI=1S/C17H18.CH4/c1-3-4-7-15-9-11-16(12-10-15)17-8-5-6-14(2)13-17;/h3,5-6,8-13H,1,4,7H2,2H3;1H4. The summed E-state index contributed by atoms with van der Waals surface area (Å²) in [5, 5.41) is 0. The fourth-order valence-electron chi connectivity index (χ4n) is 1.96. The van der Waals surface area contributed by atoms with E-state index in [1.54, 1.807) is 0 Å². The topological polar surface area (TPSA) is 0 Å². The van der Waals surface area contributed by atoms with Crippen molar-refractivity contribution in [1.29, 1.82) is 0 Å².